The molecule has 0 amide bonds. The van der Waals surface area contributed by atoms with Gasteiger partial charge in [0.2, 0.25) is 0 Å². The standard InChI is InChI=1S/C11H11BrN4OS/c12-7-3-6(5-13)1-2-8(7)18-11-15-9(14)4-10(17)16-11/h1-4H,5,13H2,(H3,14,15,16,17). The number of hydrogen-bond donors (Lipinski definition) is 3. The van der Waals surface area contributed by atoms with Gasteiger partial charge in [0.25, 0.3) is 5.56 Å². The number of benzene rings is 1. The van der Waals surface area contributed by atoms with Gasteiger partial charge in [-0.2, -0.15) is 0 Å². The van der Waals surface area contributed by atoms with Crippen molar-refractivity contribution in [2.24, 2.45) is 5.73 Å². The van der Waals surface area contributed by atoms with Gasteiger partial charge in [-0.15, -0.1) is 0 Å². The van der Waals surface area contributed by atoms with Crippen LogP contribution in [-0.4, -0.2) is 9.97 Å². The topological polar surface area (TPSA) is 97.8 Å². The van der Waals surface area contributed by atoms with Gasteiger partial charge in [0, 0.05) is 22.0 Å². The lowest BCUT2D eigenvalue weighted by atomic mass is 10.2. The van der Waals surface area contributed by atoms with Gasteiger partial charge < -0.3 is 16.5 Å². The van der Waals surface area contributed by atoms with Gasteiger partial charge in [-0.1, -0.05) is 17.8 Å². The van der Waals surface area contributed by atoms with Crippen LogP contribution < -0.4 is 17.0 Å². The van der Waals surface area contributed by atoms with E-state index in [1.54, 1.807) is 0 Å². The van der Waals surface area contributed by atoms with Crippen molar-refractivity contribution in [3.63, 3.8) is 0 Å². The Morgan fingerprint density at radius 2 is 2.17 bits per heavy atom. The second-order valence-electron chi connectivity index (χ2n) is 3.55. The average molecular weight is 327 g/mol. The van der Waals surface area contributed by atoms with Crippen molar-refractivity contribution in [2.45, 2.75) is 16.6 Å². The summed E-state index contributed by atoms with van der Waals surface area (Å²) in [5.74, 6) is 0.205. The van der Waals surface area contributed by atoms with Crippen LogP contribution in [0, 0.1) is 0 Å². The molecular weight excluding hydrogens is 316 g/mol. The SMILES string of the molecule is NCc1ccc(Sc2nc(N)cc(=O)[nH]2)c(Br)c1. The van der Waals surface area contributed by atoms with E-state index in [2.05, 4.69) is 25.9 Å². The quantitative estimate of drug-likeness (QED) is 0.746. The van der Waals surface area contributed by atoms with Gasteiger partial charge in [-0.3, -0.25) is 4.79 Å². The van der Waals surface area contributed by atoms with Crippen molar-refractivity contribution in [3.8, 4) is 0 Å². The highest BCUT2D eigenvalue weighted by Crippen LogP contribution is 2.31. The molecule has 1 aromatic heterocycles. The van der Waals surface area contributed by atoms with E-state index in [0.717, 1.165) is 14.9 Å². The van der Waals surface area contributed by atoms with Gasteiger partial charge in [-0.25, -0.2) is 4.98 Å². The van der Waals surface area contributed by atoms with Crippen LogP contribution in [-0.2, 0) is 6.54 Å². The highest BCUT2D eigenvalue weighted by Gasteiger charge is 2.06. The Balaban J connectivity index is 2.31. The van der Waals surface area contributed by atoms with E-state index in [1.807, 2.05) is 18.2 Å². The molecule has 1 heterocycles. The van der Waals surface area contributed by atoms with E-state index in [-0.39, 0.29) is 11.4 Å². The molecule has 0 saturated carbocycles. The lowest BCUT2D eigenvalue weighted by Crippen LogP contribution is -2.09. The highest BCUT2D eigenvalue weighted by atomic mass is 79.9. The smallest absolute Gasteiger partial charge is 0.253 e. The molecule has 7 heteroatoms. The second-order valence-corrected chi connectivity index (χ2v) is 5.43. The van der Waals surface area contributed by atoms with Gasteiger partial charge >= 0.3 is 0 Å². The maximum atomic E-state index is 11.3. The number of aromatic amines is 1. The van der Waals surface area contributed by atoms with Crippen molar-refractivity contribution < 1.29 is 0 Å². The number of aromatic nitrogens is 2. The number of nitrogens with one attached hydrogen (secondary N) is 1. The molecule has 5 N–H and O–H groups in total. The summed E-state index contributed by atoms with van der Waals surface area (Å²) in [7, 11) is 0. The maximum Gasteiger partial charge on any atom is 0.253 e. The summed E-state index contributed by atoms with van der Waals surface area (Å²) >= 11 is 4.78. The molecule has 2 rings (SSSR count). The Hall–Kier alpha value is -1.31. The molecule has 0 radical (unpaired) electrons. The minimum Gasteiger partial charge on any atom is -0.383 e. The Morgan fingerprint density at radius 3 is 2.78 bits per heavy atom. The summed E-state index contributed by atoms with van der Waals surface area (Å²) in [6.07, 6.45) is 0. The monoisotopic (exact) mass is 326 g/mol. The third-order valence-corrected chi connectivity index (χ3v) is 4.06. The molecule has 0 spiro atoms. The molecule has 0 atom stereocenters. The number of halogens is 1. The molecule has 1 aromatic carbocycles. The van der Waals surface area contributed by atoms with Crippen LogP contribution in [0.15, 0.2) is 43.6 Å². The fourth-order valence-corrected chi connectivity index (χ4v) is 2.83. The Morgan fingerprint density at radius 1 is 1.39 bits per heavy atom. The van der Waals surface area contributed by atoms with Crippen molar-refractivity contribution >= 4 is 33.5 Å². The number of rotatable bonds is 3. The third kappa shape index (κ3) is 3.12. The first-order valence-electron chi connectivity index (χ1n) is 5.11. The van der Waals surface area contributed by atoms with Crippen LogP contribution in [0.1, 0.15) is 5.56 Å². The van der Waals surface area contributed by atoms with E-state index in [9.17, 15) is 4.79 Å². The van der Waals surface area contributed by atoms with Crippen LogP contribution in [0.25, 0.3) is 0 Å². The minimum absolute atomic E-state index is 0.205. The van der Waals surface area contributed by atoms with E-state index >= 15 is 0 Å². The molecule has 0 unspecified atom stereocenters. The lowest BCUT2D eigenvalue weighted by molar-refractivity contribution is 0.944. The first-order valence-corrected chi connectivity index (χ1v) is 6.72. The van der Waals surface area contributed by atoms with Gasteiger partial charge in [0.15, 0.2) is 5.16 Å². The van der Waals surface area contributed by atoms with Crippen LogP contribution in [0.4, 0.5) is 5.82 Å². The van der Waals surface area contributed by atoms with Crippen LogP contribution in [0.3, 0.4) is 0 Å². The molecule has 0 saturated heterocycles. The van der Waals surface area contributed by atoms with Gasteiger partial charge in [-0.05, 0) is 33.6 Å². The zero-order valence-corrected chi connectivity index (χ0v) is 11.7. The number of nitrogens with zero attached hydrogens (tertiary/aromatic N) is 1. The number of hydrogen-bond acceptors (Lipinski definition) is 5. The molecule has 5 nitrogen and oxygen atoms in total. The predicted molar refractivity (Wildman–Crippen MR) is 75.4 cm³/mol. The summed E-state index contributed by atoms with van der Waals surface area (Å²) in [5, 5.41) is 0.459. The average Bonchev–Trinajstić information content (AvgIpc) is 2.30. The minimum atomic E-state index is -0.264. The van der Waals surface area contributed by atoms with Crippen molar-refractivity contribution in [2.75, 3.05) is 5.73 Å². The third-order valence-electron chi connectivity index (χ3n) is 2.18. The molecule has 0 aliphatic heterocycles. The van der Waals surface area contributed by atoms with Crippen LogP contribution >= 0.6 is 27.7 Å². The van der Waals surface area contributed by atoms with Gasteiger partial charge in [0.05, 0.1) is 0 Å². The fraction of sp³-hybridized carbons (Fsp3) is 0.0909. The van der Waals surface area contributed by atoms with E-state index in [1.165, 1.54) is 17.8 Å². The summed E-state index contributed by atoms with van der Waals surface area (Å²) in [5.41, 5.74) is 11.8. The van der Waals surface area contributed by atoms with Crippen molar-refractivity contribution in [1.29, 1.82) is 0 Å². The van der Waals surface area contributed by atoms with E-state index < -0.39 is 0 Å². The molecule has 0 aliphatic rings. The number of nitrogens with two attached hydrogens (primary N) is 2. The Labute approximate surface area is 116 Å². The highest BCUT2D eigenvalue weighted by molar-refractivity contribution is 9.10. The van der Waals surface area contributed by atoms with Crippen LogP contribution in [0.2, 0.25) is 0 Å². The molecular formula is C11H11BrN4OS. The molecule has 0 fully saturated rings. The zero-order valence-electron chi connectivity index (χ0n) is 9.31. The summed E-state index contributed by atoms with van der Waals surface area (Å²) in [4.78, 5) is 18.9. The summed E-state index contributed by atoms with van der Waals surface area (Å²) < 4.78 is 0.903. The predicted octanol–water partition coefficient (Wildman–Crippen LogP) is 1.72. The molecule has 18 heavy (non-hydrogen) atoms. The maximum absolute atomic E-state index is 11.3. The molecule has 0 aliphatic carbocycles. The first-order chi connectivity index (χ1) is 8.58. The summed E-state index contributed by atoms with van der Waals surface area (Å²) in [6.45, 7) is 0.483. The number of H-pyrrole nitrogens is 1. The van der Waals surface area contributed by atoms with Crippen molar-refractivity contribution in [1.82, 2.24) is 9.97 Å². The van der Waals surface area contributed by atoms with Gasteiger partial charge in [0.1, 0.15) is 5.82 Å². The first kappa shape index (κ1) is 13.1. The lowest BCUT2D eigenvalue weighted by Gasteiger charge is -2.05. The fourth-order valence-electron chi connectivity index (χ4n) is 1.36. The van der Waals surface area contributed by atoms with E-state index in [4.69, 9.17) is 11.5 Å². The zero-order chi connectivity index (χ0) is 13.1. The Bertz CT molecular complexity index is 629. The molecule has 94 valence electrons. The summed E-state index contributed by atoms with van der Waals surface area (Å²) in [6, 6.07) is 7.03. The van der Waals surface area contributed by atoms with Crippen LogP contribution in [0.5, 0.6) is 0 Å². The second kappa shape index (κ2) is 5.55. The number of anilines is 1. The normalized spacial score (nSPS) is 10.6. The largest absolute Gasteiger partial charge is 0.383 e. The molecule has 2 aromatic rings. The number of nitrogen functional groups attached to an aromatic ring is 1. The molecule has 0 bridgehead atoms. The van der Waals surface area contributed by atoms with E-state index in [0.29, 0.717) is 11.7 Å². The Kier molecular flexibility index (Phi) is 4.05. The van der Waals surface area contributed by atoms with Crippen molar-refractivity contribution in [3.05, 3.63) is 44.7 Å².